The number of aliphatic imine (C=N–C) groups is 1. The summed E-state index contributed by atoms with van der Waals surface area (Å²) in [6, 6.07) is 0. The molecule has 0 spiro atoms. The Morgan fingerprint density at radius 3 is 3.00 bits per heavy atom. The van der Waals surface area contributed by atoms with Gasteiger partial charge in [0.15, 0.2) is 0 Å². The Bertz CT molecular complexity index is 395. The molecule has 0 N–H and O–H groups in total. The molecule has 0 saturated carbocycles. The zero-order valence-electron chi connectivity index (χ0n) is 9.81. The third kappa shape index (κ3) is 4.60. The van der Waals surface area contributed by atoms with Gasteiger partial charge in [0.1, 0.15) is 11.5 Å². The molecule has 0 aliphatic carbocycles. The van der Waals surface area contributed by atoms with Crippen LogP contribution in [0.5, 0.6) is 0 Å². The van der Waals surface area contributed by atoms with Gasteiger partial charge in [0.05, 0.1) is 6.54 Å². The van der Waals surface area contributed by atoms with Gasteiger partial charge in [-0.3, -0.25) is 4.99 Å². The van der Waals surface area contributed by atoms with Crippen molar-refractivity contribution in [1.29, 1.82) is 0 Å². The van der Waals surface area contributed by atoms with Crippen LogP contribution in [0.1, 0.15) is 13.8 Å². The van der Waals surface area contributed by atoms with E-state index in [1.165, 1.54) is 0 Å². The van der Waals surface area contributed by atoms with E-state index in [1.807, 2.05) is 44.2 Å². The van der Waals surface area contributed by atoms with Crippen molar-refractivity contribution < 1.29 is 4.74 Å². The molecule has 0 aromatic rings. The molecule has 1 aliphatic rings. The highest BCUT2D eigenvalue weighted by Crippen LogP contribution is 2.09. The fourth-order valence-corrected chi connectivity index (χ4v) is 1.08. The summed E-state index contributed by atoms with van der Waals surface area (Å²) in [4.78, 5) is 4.10. The zero-order chi connectivity index (χ0) is 11.8. The van der Waals surface area contributed by atoms with Gasteiger partial charge in [-0.1, -0.05) is 30.4 Å². The molecule has 84 valence electrons. The molecule has 0 unspecified atom stereocenters. The lowest BCUT2D eigenvalue weighted by Gasteiger charge is -2.04. The summed E-state index contributed by atoms with van der Waals surface area (Å²) < 4.78 is 5.63. The lowest BCUT2D eigenvalue weighted by Crippen LogP contribution is -1.87. The molecule has 16 heavy (non-hydrogen) atoms. The summed E-state index contributed by atoms with van der Waals surface area (Å²) >= 11 is 0. The molecule has 2 nitrogen and oxygen atoms in total. The van der Waals surface area contributed by atoms with Crippen LogP contribution in [0.25, 0.3) is 0 Å². The Morgan fingerprint density at radius 2 is 2.25 bits per heavy atom. The maximum atomic E-state index is 5.63. The van der Waals surface area contributed by atoms with Crippen LogP contribution in [0.3, 0.4) is 0 Å². The molecule has 1 heterocycles. The number of rotatable bonds is 4. The van der Waals surface area contributed by atoms with Gasteiger partial charge in [-0.2, -0.15) is 0 Å². The molecule has 0 aromatic heterocycles. The van der Waals surface area contributed by atoms with Crippen molar-refractivity contribution in [3.05, 3.63) is 60.1 Å². The number of hydrogen-bond acceptors (Lipinski definition) is 2. The first kappa shape index (κ1) is 12.2. The molecule has 0 amide bonds. The largest absolute Gasteiger partial charge is 0.462 e. The second kappa shape index (κ2) is 6.62. The molecule has 0 aromatic carbocycles. The van der Waals surface area contributed by atoms with Crippen LogP contribution >= 0.6 is 0 Å². The van der Waals surface area contributed by atoms with Gasteiger partial charge in [-0.25, -0.2) is 0 Å². The van der Waals surface area contributed by atoms with Crippen molar-refractivity contribution in [2.24, 2.45) is 4.99 Å². The van der Waals surface area contributed by atoms with Crippen molar-refractivity contribution in [1.82, 2.24) is 0 Å². The van der Waals surface area contributed by atoms with E-state index >= 15 is 0 Å². The topological polar surface area (TPSA) is 21.6 Å². The maximum Gasteiger partial charge on any atom is 0.128 e. The molecule has 0 fully saturated rings. The minimum Gasteiger partial charge on any atom is -0.462 e. The quantitative estimate of drug-likeness (QED) is 0.519. The summed E-state index contributed by atoms with van der Waals surface area (Å²) in [6.07, 6.45) is 13.2. The summed E-state index contributed by atoms with van der Waals surface area (Å²) in [5, 5.41) is 0. The Hall–Kier alpha value is -1.83. The summed E-state index contributed by atoms with van der Waals surface area (Å²) in [5.41, 5.74) is 1.11. The predicted octanol–water partition coefficient (Wildman–Crippen LogP) is 3.56. The van der Waals surface area contributed by atoms with Crippen LogP contribution in [0.2, 0.25) is 0 Å². The Balaban J connectivity index is 2.63. The van der Waals surface area contributed by atoms with Gasteiger partial charge in [-0.15, -0.1) is 0 Å². The second-order valence-electron chi connectivity index (χ2n) is 3.48. The van der Waals surface area contributed by atoms with Crippen molar-refractivity contribution in [3.8, 4) is 0 Å². The highest BCUT2D eigenvalue weighted by atomic mass is 16.5. The van der Waals surface area contributed by atoms with Crippen LogP contribution in [0.4, 0.5) is 0 Å². The zero-order valence-corrected chi connectivity index (χ0v) is 9.81. The van der Waals surface area contributed by atoms with Gasteiger partial charge in [-0.05, 0) is 32.1 Å². The van der Waals surface area contributed by atoms with Crippen LogP contribution in [-0.4, -0.2) is 12.8 Å². The fourth-order valence-electron chi connectivity index (χ4n) is 1.08. The van der Waals surface area contributed by atoms with Crippen LogP contribution in [-0.2, 0) is 4.74 Å². The standard InChI is InChI=1S/C14H17NO/c1-4-12(2)7-8-13(3)16-14-6-5-10-15-11-9-14/h4-9,11H,1,10H2,2-3H3/b12-7-,13-8+. The van der Waals surface area contributed by atoms with E-state index in [1.54, 1.807) is 12.3 Å². The number of hydrogen-bond donors (Lipinski definition) is 0. The minimum absolute atomic E-state index is 0.710. The second-order valence-corrected chi connectivity index (χ2v) is 3.48. The van der Waals surface area contributed by atoms with Crippen molar-refractivity contribution >= 4 is 6.21 Å². The predicted molar refractivity (Wildman–Crippen MR) is 69.4 cm³/mol. The van der Waals surface area contributed by atoms with E-state index in [2.05, 4.69) is 11.6 Å². The highest BCUT2D eigenvalue weighted by Gasteiger charge is 1.95. The number of ether oxygens (including phenoxy) is 1. The van der Waals surface area contributed by atoms with Gasteiger partial charge in [0.25, 0.3) is 0 Å². The smallest absolute Gasteiger partial charge is 0.128 e. The van der Waals surface area contributed by atoms with Gasteiger partial charge < -0.3 is 4.74 Å². The normalized spacial score (nSPS) is 16.8. The third-order valence-electron chi connectivity index (χ3n) is 2.02. The minimum atomic E-state index is 0.710. The SMILES string of the molecule is C=C/C(C)=C\C=C(/C)OC1=CC=NCC=C1. The van der Waals surface area contributed by atoms with Gasteiger partial charge >= 0.3 is 0 Å². The van der Waals surface area contributed by atoms with Crippen molar-refractivity contribution in [3.63, 3.8) is 0 Å². The molecule has 0 bridgehead atoms. The van der Waals surface area contributed by atoms with Crippen molar-refractivity contribution in [2.75, 3.05) is 6.54 Å². The molecule has 1 aliphatic heterocycles. The lowest BCUT2D eigenvalue weighted by atomic mass is 10.2. The summed E-state index contributed by atoms with van der Waals surface area (Å²) in [7, 11) is 0. The Kier molecular flexibility index (Phi) is 5.06. The first-order valence-corrected chi connectivity index (χ1v) is 5.24. The van der Waals surface area contributed by atoms with E-state index in [0.29, 0.717) is 6.54 Å². The summed E-state index contributed by atoms with van der Waals surface area (Å²) in [5.74, 6) is 1.65. The lowest BCUT2D eigenvalue weighted by molar-refractivity contribution is 0.323. The van der Waals surface area contributed by atoms with E-state index in [0.717, 1.165) is 17.1 Å². The van der Waals surface area contributed by atoms with E-state index in [9.17, 15) is 0 Å². The van der Waals surface area contributed by atoms with E-state index in [4.69, 9.17) is 4.74 Å². The average Bonchev–Trinajstić information content (AvgIpc) is 2.54. The molecular formula is C14H17NO. The highest BCUT2D eigenvalue weighted by molar-refractivity contribution is 5.73. The first-order chi connectivity index (χ1) is 7.72. The van der Waals surface area contributed by atoms with E-state index < -0.39 is 0 Å². The van der Waals surface area contributed by atoms with E-state index in [-0.39, 0.29) is 0 Å². The van der Waals surface area contributed by atoms with Crippen molar-refractivity contribution in [2.45, 2.75) is 13.8 Å². The molecule has 1 rings (SSSR count). The Labute approximate surface area is 97.0 Å². The maximum absolute atomic E-state index is 5.63. The molecule has 0 radical (unpaired) electrons. The summed E-state index contributed by atoms with van der Waals surface area (Å²) in [6.45, 7) is 8.31. The van der Waals surface area contributed by atoms with Gasteiger partial charge in [0.2, 0.25) is 0 Å². The molecule has 2 heteroatoms. The Morgan fingerprint density at radius 1 is 1.44 bits per heavy atom. The molecule has 0 atom stereocenters. The van der Waals surface area contributed by atoms with Crippen LogP contribution < -0.4 is 0 Å². The average molecular weight is 215 g/mol. The van der Waals surface area contributed by atoms with Crippen LogP contribution in [0, 0.1) is 0 Å². The van der Waals surface area contributed by atoms with Crippen LogP contribution in [0.15, 0.2) is 65.1 Å². The third-order valence-corrected chi connectivity index (χ3v) is 2.02. The first-order valence-electron chi connectivity index (χ1n) is 5.24. The molecule has 0 saturated heterocycles. The molecular weight excluding hydrogens is 198 g/mol. The number of allylic oxidation sites excluding steroid dienone is 7. The number of nitrogens with zero attached hydrogens (tertiary/aromatic N) is 1. The van der Waals surface area contributed by atoms with Gasteiger partial charge in [0, 0.05) is 6.21 Å². The monoisotopic (exact) mass is 215 g/mol. The fraction of sp³-hybridized carbons (Fsp3) is 0.214.